The van der Waals surface area contributed by atoms with Gasteiger partial charge < -0.3 is 25.6 Å². The first-order valence-corrected chi connectivity index (χ1v) is 9.64. The number of rotatable bonds is 7. The Kier molecular flexibility index (Phi) is 6.69. The molecule has 3 N–H and O–H groups in total. The number of nitrogens with zero attached hydrogens (tertiary/aromatic N) is 3. The molecule has 1 aromatic heterocycles. The summed E-state index contributed by atoms with van der Waals surface area (Å²) in [5, 5.41) is 8.87. The van der Waals surface area contributed by atoms with Gasteiger partial charge in [-0.3, -0.25) is 0 Å². The lowest BCUT2D eigenvalue weighted by molar-refractivity contribution is 0.262. The highest BCUT2D eigenvalue weighted by Gasteiger charge is 2.06. The molecular weight excluding hydrogens is 380 g/mol. The maximum atomic E-state index is 12.2. The van der Waals surface area contributed by atoms with Crippen molar-refractivity contribution >= 4 is 34.7 Å². The monoisotopic (exact) mass is 406 g/mol. The second-order valence-corrected chi connectivity index (χ2v) is 6.79. The normalized spacial score (nSPS) is 10.3. The van der Waals surface area contributed by atoms with E-state index < -0.39 is 0 Å². The lowest BCUT2D eigenvalue weighted by atomic mass is 10.2. The summed E-state index contributed by atoms with van der Waals surface area (Å²) in [4.78, 5) is 22.9. The number of aryl methyl sites for hydroxylation is 1. The van der Waals surface area contributed by atoms with Crippen molar-refractivity contribution in [1.29, 1.82) is 0 Å². The van der Waals surface area contributed by atoms with E-state index >= 15 is 0 Å². The summed E-state index contributed by atoms with van der Waals surface area (Å²) in [5.74, 6) is 2.99. The molecule has 0 aliphatic rings. The molecule has 3 rings (SSSR count). The maximum absolute atomic E-state index is 12.2. The first-order chi connectivity index (χ1) is 14.4. The van der Waals surface area contributed by atoms with E-state index in [1.807, 2.05) is 75.3 Å². The summed E-state index contributed by atoms with van der Waals surface area (Å²) in [7, 11) is 3.87. The van der Waals surface area contributed by atoms with Crippen molar-refractivity contribution in [3.8, 4) is 5.75 Å². The molecular formula is C22H26N6O2. The SMILES string of the molecule is CCOc1ccc(NC(=O)Nc2ccc(Nc3cc(N(C)C)nc(C)n3)cc2)cc1. The minimum Gasteiger partial charge on any atom is -0.494 e. The Hall–Kier alpha value is -3.81. The average molecular weight is 406 g/mol. The highest BCUT2D eigenvalue weighted by Crippen LogP contribution is 2.21. The molecule has 0 atom stereocenters. The van der Waals surface area contributed by atoms with E-state index in [-0.39, 0.29) is 6.03 Å². The topological polar surface area (TPSA) is 91.4 Å². The standard InChI is InChI=1S/C22H26N6O2/c1-5-30-19-12-10-18(11-13-19)27-22(29)26-17-8-6-16(7-9-17)25-20-14-21(28(3)4)24-15(2)23-20/h6-14H,5H2,1-4H3,(H,23,24,25)(H2,26,27,29). The minimum absolute atomic E-state index is 0.318. The second kappa shape index (κ2) is 9.60. The molecule has 0 saturated heterocycles. The molecule has 30 heavy (non-hydrogen) atoms. The Bertz CT molecular complexity index is 988. The third-order valence-electron chi connectivity index (χ3n) is 4.12. The van der Waals surface area contributed by atoms with E-state index in [1.165, 1.54) is 0 Å². The van der Waals surface area contributed by atoms with Crippen molar-refractivity contribution in [2.75, 3.05) is 41.6 Å². The number of ether oxygens (including phenoxy) is 1. The van der Waals surface area contributed by atoms with Crippen molar-refractivity contribution in [3.05, 3.63) is 60.4 Å². The summed E-state index contributed by atoms with van der Waals surface area (Å²) in [5.41, 5.74) is 2.22. The van der Waals surface area contributed by atoms with Gasteiger partial charge in [-0.05, 0) is 62.4 Å². The fraction of sp³-hybridized carbons (Fsp3) is 0.227. The molecule has 0 unspecified atom stereocenters. The number of carbonyl (C=O) groups is 1. The van der Waals surface area contributed by atoms with Crippen LogP contribution in [0.3, 0.4) is 0 Å². The van der Waals surface area contributed by atoms with Crippen LogP contribution in [0.1, 0.15) is 12.7 Å². The van der Waals surface area contributed by atoms with Crippen LogP contribution in [0.4, 0.5) is 33.5 Å². The van der Waals surface area contributed by atoms with E-state index in [9.17, 15) is 4.79 Å². The number of amides is 2. The summed E-state index contributed by atoms with van der Waals surface area (Å²) < 4.78 is 5.40. The smallest absolute Gasteiger partial charge is 0.323 e. The molecule has 2 amide bonds. The van der Waals surface area contributed by atoms with Gasteiger partial charge in [0.25, 0.3) is 0 Å². The Morgan fingerprint density at radius 1 is 0.933 bits per heavy atom. The Balaban J connectivity index is 1.58. The zero-order valence-electron chi connectivity index (χ0n) is 17.6. The third kappa shape index (κ3) is 5.84. The molecule has 0 spiro atoms. The van der Waals surface area contributed by atoms with E-state index in [2.05, 4.69) is 25.9 Å². The van der Waals surface area contributed by atoms with Gasteiger partial charge in [-0.2, -0.15) is 0 Å². The summed E-state index contributed by atoms with van der Waals surface area (Å²) in [6.07, 6.45) is 0. The lowest BCUT2D eigenvalue weighted by Gasteiger charge is -2.14. The molecule has 1 heterocycles. The molecule has 3 aromatic rings. The summed E-state index contributed by atoms with van der Waals surface area (Å²) in [6.45, 7) is 4.38. The Morgan fingerprint density at radius 2 is 1.50 bits per heavy atom. The predicted molar refractivity (Wildman–Crippen MR) is 121 cm³/mol. The number of carbonyl (C=O) groups excluding carboxylic acids is 1. The maximum Gasteiger partial charge on any atom is 0.323 e. The lowest BCUT2D eigenvalue weighted by Crippen LogP contribution is -2.19. The highest BCUT2D eigenvalue weighted by molar-refractivity contribution is 5.99. The molecule has 156 valence electrons. The molecule has 8 heteroatoms. The van der Waals surface area contributed by atoms with Gasteiger partial charge >= 0.3 is 6.03 Å². The number of hydrogen-bond acceptors (Lipinski definition) is 6. The largest absolute Gasteiger partial charge is 0.494 e. The van der Waals surface area contributed by atoms with Crippen molar-refractivity contribution in [1.82, 2.24) is 9.97 Å². The number of hydrogen-bond donors (Lipinski definition) is 3. The van der Waals surface area contributed by atoms with Gasteiger partial charge in [0.2, 0.25) is 0 Å². The fourth-order valence-electron chi connectivity index (χ4n) is 2.72. The van der Waals surface area contributed by atoms with Gasteiger partial charge in [0.05, 0.1) is 6.61 Å². The van der Waals surface area contributed by atoms with Gasteiger partial charge in [0.1, 0.15) is 23.2 Å². The molecule has 0 aliphatic carbocycles. The van der Waals surface area contributed by atoms with Crippen molar-refractivity contribution in [2.24, 2.45) is 0 Å². The van der Waals surface area contributed by atoms with Gasteiger partial charge in [-0.25, -0.2) is 14.8 Å². The van der Waals surface area contributed by atoms with Crippen LogP contribution >= 0.6 is 0 Å². The van der Waals surface area contributed by atoms with Crippen LogP contribution < -0.4 is 25.6 Å². The van der Waals surface area contributed by atoms with Gasteiger partial charge in [0, 0.05) is 37.2 Å². The number of aromatic nitrogens is 2. The first-order valence-electron chi connectivity index (χ1n) is 9.64. The van der Waals surface area contributed by atoms with Gasteiger partial charge in [-0.15, -0.1) is 0 Å². The Labute approximate surface area is 176 Å². The molecule has 0 bridgehead atoms. The zero-order chi connectivity index (χ0) is 21.5. The molecule has 2 aromatic carbocycles. The number of benzene rings is 2. The highest BCUT2D eigenvalue weighted by atomic mass is 16.5. The zero-order valence-corrected chi connectivity index (χ0v) is 17.6. The van der Waals surface area contributed by atoms with Crippen LogP contribution in [0.15, 0.2) is 54.6 Å². The second-order valence-electron chi connectivity index (χ2n) is 6.79. The van der Waals surface area contributed by atoms with Gasteiger partial charge in [0.15, 0.2) is 0 Å². The van der Waals surface area contributed by atoms with E-state index in [0.29, 0.717) is 29.6 Å². The Morgan fingerprint density at radius 3 is 2.07 bits per heavy atom. The third-order valence-corrected chi connectivity index (χ3v) is 4.12. The van der Waals surface area contributed by atoms with Crippen molar-refractivity contribution in [3.63, 3.8) is 0 Å². The molecule has 8 nitrogen and oxygen atoms in total. The van der Waals surface area contributed by atoms with Crippen LogP contribution in [0, 0.1) is 6.92 Å². The molecule has 0 aliphatic heterocycles. The quantitative estimate of drug-likeness (QED) is 0.530. The number of urea groups is 1. The molecule has 0 fully saturated rings. The molecule has 0 radical (unpaired) electrons. The fourth-order valence-corrected chi connectivity index (χ4v) is 2.72. The van der Waals surface area contributed by atoms with E-state index in [0.717, 1.165) is 17.3 Å². The minimum atomic E-state index is -0.318. The van der Waals surface area contributed by atoms with Gasteiger partial charge in [-0.1, -0.05) is 0 Å². The van der Waals surface area contributed by atoms with Crippen LogP contribution in [-0.4, -0.2) is 36.7 Å². The van der Waals surface area contributed by atoms with Crippen LogP contribution in [0.5, 0.6) is 5.75 Å². The van der Waals surface area contributed by atoms with Crippen LogP contribution in [0.25, 0.3) is 0 Å². The van der Waals surface area contributed by atoms with E-state index in [4.69, 9.17) is 4.74 Å². The van der Waals surface area contributed by atoms with Crippen LogP contribution in [0.2, 0.25) is 0 Å². The summed E-state index contributed by atoms with van der Waals surface area (Å²) >= 11 is 0. The van der Waals surface area contributed by atoms with Crippen molar-refractivity contribution < 1.29 is 9.53 Å². The number of anilines is 5. The van der Waals surface area contributed by atoms with E-state index in [1.54, 1.807) is 12.1 Å². The molecule has 0 saturated carbocycles. The first kappa shape index (κ1) is 20.9. The summed E-state index contributed by atoms with van der Waals surface area (Å²) in [6, 6.07) is 16.2. The van der Waals surface area contributed by atoms with Crippen LogP contribution in [-0.2, 0) is 0 Å². The number of nitrogens with one attached hydrogen (secondary N) is 3. The average Bonchev–Trinajstić information content (AvgIpc) is 2.71. The predicted octanol–water partition coefficient (Wildman–Crippen LogP) is 4.64. The van der Waals surface area contributed by atoms with Crippen molar-refractivity contribution in [2.45, 2.75) is 13.8 Å².